The lowest BCUT2D eigenvalue weighted by molar-refractivity contribution is -0.136. The van der Waals surface area contributed by atoms with Crippen molar-refractivity contribution in [1.82, 2.24) is 10.2 Å². The average molecular weight is 425 g/mol. The largest absolute Gasteiger partial charge is 0.495 e. The number of piperidine rings is 1. The number of anilines is 1. The number of methoxy groups -OCH3 is 1. The molecule has 1 aliphatic heterocycles. The maximum Gasteiger partial charge on any atom is 0.313 e. The van der Waals surface area contributed by atoms with Crippen LogP contribution in [0.3, 0.4) is 0 Å². The van der Waals surface area contributed by atoms with Crippen LogP contribution < -0.4 is 15.4 Å². The molecule has 8 heteroatoms. The van der Waals surface area contributed by atoms with Gasteiger partial charge in [0.1, 0.15) is 11.5 Å². The van der Waals surface area contributed by atoms with Crippen LogP contribution in [0.5, 0.6) is 5.75 Å². The Hall–Kier alpha value is -3.55. The van der Waals surface area contributed by atoms with E-state index in [-0.39, 0.29) is 11.8 Å². The Morgan fingerprint density at radius 3 is 2.65 bits per heavy atom. The molecule has 2 aromatic rings. The Morgan fingerprint density at radius 1 is 1.19 bits per heavy atom. The second-order valence-corrected chi connectivity index (χ2v) is 7.49. The Kier molecular flexibility index (Phi) is 7.48. The van der Waals surface area contributed by atoms with Gasteiger partial charge < -0.3 is 24.7 Å². The normalized spacial score (nSPS) is 14.5. The zero-order chi connectivity index (χ0) is 22.2. The molecule has 2 heterocycles. The molecular weight excluding hydrogens is 398 g/mol. The first kappa shape index (κ1) is 22.1. The van der Waals surface area contributed by atoms with Crippen molar-refractivity contribution >= 4 is 29.5 Å². The zero-order valence-electron chi connectivity index (χ0n) is 17.7. The van der Waals surface area contributed by atoms with Gasteiger partial charge in [0.25, 0.3) is 0 Å². The molecule has 31 heavy (non-hydrogen) atoms. The zero-order valence-corrected chi connectivity index (χ0v) is 17.7. The summed E-state index contributed by atoms with van der Waals surface area (Å²) in [5.74, 6) is -0.158. The van der Waals surface area contributed by atoms with Gasteiger partial charge in [-0.1, -0.05) is 6.07 Å². The van der Waals surface area contributed by atoms with Gasteiger partial charge in [0.15, 0.2) is 0 Å². The van der Waals surface area contributed by atoms with Crippen LogP contribution in [-0.2, 0) is 14.4 Å². The molecule has 3 amide bonds. The van der Waals surface area contributed by atoms with Crippen LogP contribution in [0, 0.1) is 12.8 Å². The third kappa shape index (κ3) is 6.21. The van der Waals surface area contributed by atoms with Crippen molar-refractivity contribution in [3.8, 4) is 5.75 Å². The summed E-state index contributed by atoms with van der Waals surface area (Å²) in [4.78, 5) is 38.5. The van der Waals surface area contributed by atoms with E-state index in [2.05, 4.69) is 10.6 Å². The number of ether oxygens (including phenoxy) is 1. The summed E-state index contributed by atoms with van der Waals surface area (Å²) in [7, 11) is 1.50. The van der Waals surface area contributed by atoms with Gasteiger partial charge in [-0.2, -0.15) is 0 Å². The standard InChI is InChI=1S/C23H27N3O5/c1-16-5-7-20(30-2)19(14-16)25-23(29)22(28)24-15-17-9-11-26(12-10-17)21(27)8-6-18-4-3-13-31-18/h3-8,13-14,17H,9-12,15H2,1-2H3,(H,24,28)(H,25,29). The van der Waals surface area contributed by atoms with Crippen molar-refractivity contribution in [2.45, 2.75) is 19.8 Å². The minimum Gasteiger partial charge on any atom is -0.495 e. The molecule has 0 spiro atoms. The van der Waals surface area contributed by atoms with E-state index in [0.29, 0.717) is 36.8 Å². The minimum absolute atomic E-state index is 0.0645. The second kappa shape index (κ2) is 10.5. The van der Waals surface area contributed by atoms with Crippen molar-refractivity contribution < 1.29 is 23.5 Å². The van der Waals surface area contributed by atoms with Crippen molar-refractivity contribution in [3.63, 3.8) is 0 Å². The van der Waals surface area contributed by atoms with E-state index in [4.69, 9.17) is 9.15 Å². The van der Waals surface area contributed by atoms with Gasteiger partial charge in [0.2, 0.25) is 5.91 Å². The molecule has 1 aromatic carbocycles. The molecule has 3 rings (SSSR count). The fourth-order valence-electron chi connectivity index (χ4n) is 3.42. The topological polar surface area (TPSA) is 101 Å². The molecule has 1 fully saturated rings. The lowest BCUT2D eigenvalue weighted by atomic mass is 9.96. The van der Waals surface area contributed by atoms with Crippen molar-refractivity contribution in [3.05, 3.63) is 54.0 Å². The third-order valence-electron chi connectivity index (χ3n) is 5.22. The Bertz CT molecular complexity index is 944. The van der Waals surface area contributed by atoms with Gasteiger partial charge in [-0.15, -0.1) is 0 Å². The fourth-order valence-corrected chi connectivity index (χ4v) is 3.42. The number of furan rings is 1. The van der Waals surface area contributed by atoms with Crippen LogP contribution in [0.15, 0.2) is 47.1 Å². The highest BCUT2D eigenvalue weighted by atomic mass is 16.5. The molecule has 8 nitrogen and oxygen atoms in total. The minimum atomic E-state index is -0.737. The predicted octanol–water partition coefficient (Wildman–Crippen LogP) is 2.60. The average Bonchev–Trinajstić information content (AvgIpc) is 3.30. The summed E-state index contributed by atoms with van der Waals surface area (Å²) in [6, 6.07) is 8.89. The van der Waals surface area contributed by atoms with Crippen molar-refractivity contribution in [2.75, 3.05) is 32.1 Å². The van der Waals surface area contributed by atoms with Gasteiger partial charge in [-0.05, 0) is 61.6 Å². The molecule has 2 N–H and O–H groups in total. The third-order valence-corrected chi connectivity index (χ3v) is 5.22. The van der Waals surface area contributed by atoms with E-state index in [1.807, 2.05) is 13.0 Å². The molecule has 0 atom stereocenters. The van der Waals surface area contributed by atoms with Gasteiger partial charge in [-0.3, -0.25) is 14.4 Å². The van der Waals surface area contributed by atoms with Crippen molar-refractivity contribution in [1.29, 1.82) is 0 Å². The molecule has 1 saturated heterocycles. The number of rotatable bonds is 6. The monoisotopic (exact) mass is 425 g/mol. The van der Waals surface area contributed by atoms with Crippen LogP contribution >= 0.6 is 0 Å². The van der Waals surface area contributed by atoms with E-state index >= 15 is 0 Å². The molecule has 0 aliphatic carbocycles. The number of benzene rings is 1. The quantitative estimate of drug-likeness (QED) is 0.547. The smallest absolute Gasteiger partial charge is 0.313 e. The number of nitrogens with zero attached hydrogens (tertiary/aromatic N) is 1. The fraction of sp³-hybridized carbons (Fsp3) is 0.348. The Morgan fingerprint density at radius 2 is 1.97 bits per heavy atom. The van der Waals surface area contributed by atoms with Crippen LogP contribution in [0.4, 0.5) is 5.69 Å². The number of likely N-dealkylation sites (tertiary alicyclic amines) is 1. The van der Waals surface area contributed by atoms with E-state index in [0.717, 1.165) is 18.4 Å². The highest BCUT2D eigenvalue weighted by Crippen LogP contribution is 2.25. The maximum absolute atomic E-state index is 12.3. The molecular formula is C23H27N3O5. The second-order valence-electron chi connectivity index (χ2n) is 7.49. The number of nitrogens with one attached hydrogen (secondary N) is 2. The van der Waals surface area contributed by atoms with Gasteiger partial charge in [-0.25, -0.2) is 0 Å². The highest BCUT2D eigenvalue weighted by Gasteiger charge is 2.23. The molecule has 164 valence electrons. The predicted molar refractivity (Wildman–Crippen MR) is 116 cm³/mol. The number of carbonyl (C=O) groups excluding carboxylic acids is 3. The van der Waals surface area contributed by atoms with Crippen LogP contribution in [0.1, 0.15) is 24.2 Å². The number of hydrogen-bond acceptors (Lipinski definition) is 5. The lowest BCUT2D eigenvalue weighted by Gasteiger charge is -2.31. The Balaban J connectivity index is 1.42. The van der Waals surface area contributed by atoms with Crippen LogP contribution in [0.25, 0.3) is 6.08 Å². The summed E-state index contributed by atoms with van der Waals surface area (Å²) in [5.41, 5.74) is 1.40. The summed E-state index contributed by atoms with van der Waals surface area (Å²) in [6.45, 7) is 3.49. The van der Waals surface area contributed by atoms with Crippen LogP contribution in [-0.4, -0.2) is 49.4 Å². The molecule has 0 unspecified atom stereocenters. The first-order valence-electron chi connectivity index (χ1n) is 10.2. The summed E-state index contributed by atoms with van der Waals surface area (Å²) >= 11 is 0. The highest BCUT2D eigenvalue weighted by molar-refractivity contribution is 6.39. The SMILES string of the molecule is COc1ccc(C)cc1NC(=O)C(=O)NCC1CCN(C(=O)C=Cc2ccco2)CC1. The first-order chi connectivity index (χ1) is 15.0. The molecule has 0 saturated carbocycles. The van der Waals surface area contributed by atoms with Crippen LogP contribution in [0.2, 0.25) is 0 Å². The first-order valence-corrected chi connectivity index (χ1v) is 10.2. The van der Waals surface area contributed by atoms with Gasteiger partial charge in [0, 0.05) is 25.7 Å². The van der Waals surface area contributed by atoms with E-state index in [9.17, 15) is 14.4 Å². The van der Waals surface area contributed by atoms with Gasteiger partial charge >= 0.3 is 11.8 Å². The van der Waals surface area contributed by atoms with Gasteiger partial charge in [0.05, 0.1) is 19.1 Å². The van der Waals surface area contributed by atoms with E-state index < -0.39 is 11.8 Å². The summed E-state index contributed by atoms with van der Waals surface area (Å²) in [6.07, 6.45) is 6.23. The maximum atomic E-state index is 12.3. The Labute approximate surface area is 181 Å². The summed E-state index contributed by atoms with van der Waals surface area (Å²) < 4.78 is 10.4. The lowest BCUT2D eigenvalue weighted by Crippen LogP contribution is -2.43. The molecule has 0 radical (unpaired) electrons. The number of aryl methyl sites for hydroxylation is 1. The molecule has 1 aliphatic rings. The number of carbonyl (C=O) groups is 3. The molecule has 0 bridgehead atoms. The summed E-state index contributed by atoms with van der Waals surface area (Å²) in [5, 5.41) is 5.28. The van der Waals surface area contributed by atoms with E-state index in [1.54, 1.807) is 41.5 Å². The number of amides is 3. The molecule has 1 aromatic heterocycles. The van der Waals surface area contributed by atoms with Crippen molar-refractivity contribution in [2.24, 2.45) is 5.92 Å². The van der Waals surface area contributed by atoms with E-state index in [1.165, 1.54) is 13.2 Å². The number of hydrogen-bond donors (Lipinski definition) is 2.